The Kier molecular flexibility index (Phi) is 2.04. The maximum atomic E-state index is 11.7. The minimum Gasteiger partial charge on any atom is -0.294 e. The minimum absolute atomic E-state index is 0.227. The number of fused-ring (bicyclic) bond motifs is 1. The zero-order chi connectivity index (χ0) is 10.3. The molecule has 15 heavy (non-hydrogen) atoms. The molecule has 3 rings (SSSR count). The van der Waals surface area contributed by atoms with E-state index in [9.17, 15) is 4.79 Å². The van der Waals surface area contributed by atoms with Crippen molar-refractivity contribution in [1.82, 2.24) is 9.97 Å². The van der Waals surface area contributed by atoms with Crippen molar-refractivity contribution >= 4 is 5.78 Å². The number of nitrogens with zero attached hydrogens (tertiary/aromatic N) is 2. The molecule has 0 saturated heterocycles. The molecule has 1 aromatic rings. The molecule has 1 saturated carbocycles. The van der Waals surface area contributed by atoms with Crippen LogP contribution in [-0.4, -0.2) is 15.8 Å². The van der Waals surface area contributed by atoms with Crippen LogP contribution >= 0.6 is 0 Å². The second kappa shape index (κ2) is 3.40. The Labute approximate surface area is 88.9 Å². The first-order valence-corrected chi connectivity index (χ1v) is 5.73. The summed E-state index contributed by atoms with van der Waals surface area (Å²) in [7, 11) is 0. The second-order valence-electron chi connectivity index (χ2n) is 4.49. The van der Waals surface area contributed by atoms with Crippen molar-refractivity contribution in [1.29, 1.82) is 0 Å². The van der Waals surface area contributed by atoms with Gasteiger partial charge in [0.2, 0.25) is 0 Å². The van der Waals surface area contributed by atoms with Crippen LogP contribution in [0.25, 0.3) is 0 Å². The fourth-order valence-corrected chi connectivity index (χ4v) is 2.11. The summed E-state index contributed by atoms with van der Waals surface area (Å²) >= 11 is 0. The topological polar surface area (TPSA) is 42.9 Å². The molecule has 0 aliphatic heterocycles. The van der Waals surface area contributed by atoms with E-state index in [1.807, 2.05) is 0 Å². The highest BCUT2D eigenvalue weighted by molar-refractivity contribution is 5.97. The molecule has 78 valence electrons. The smallest absolute Gasteiger partial charge is 0.166 e. The molecular weight excluding hydrogens is 188 g/mol. The molecule has 0 spiro atoms. The Balaban J connectivity index is 2.01. The lowest BCUT2D eigenvalue weighted by molar-refractivity contribution is 0.0981. The van der Waals surface area contributed by atoms with Gasteiger partial charge >= 0.3 is 0 Å². The van der Waals surface area contributed by atoms with Gasteiger partial charge in [0, 0.05) is 18.5 Å². The largest absolute Gasteiger partial charge is 0.294 e. The highest BCUT2D eigenvalue weighted by Gasteiger charge is 2.28. The molecule has 0 unspecified atom stereocenters. The molecule has 2 aliphatic rings. The third-order valence-electron chi connectivity index (χ3n) is 3.20. The Hall–Kier alpha value is -1.25. The first-order chi connectivity index (χ1) is 7.34. The average Bonchev–Trinajstić information content (AvgIpc) is 3.06. The van der Waals surface area contributed by atoms with Crippen LogP contribution in [0.2, 0.25) is 0 Å². The summed E-state index contributed by atoms with van der Waals surface area (Å²) in [6.45, 7) is 0. The lowest BCUT2D eigenvalue weighted by Gasteiger charge is -2.04. The molecular formula is C12H14N2O. The third kappa shape index (κ3) is 1.66. The van der Waals surface area contributed by atoms with Gasteiger partial charge in [-0.3, -0.25) is 4.79 Å². The Morgan fingerprint density at radius 2 is 2.00 bits per heavy atom. The van der Waals surface area contributed by atoms with E-state index in [4.69, 9.17) is 0 Å². The molecule has 1 fully saturated rings. The molecule has 0 bridgehead atoms. The van der Waals surface area contributed by atoms with Gasteiger partial charge in [-0.05, 0) is 32.1 Å². The summed E-state index contributed by atoms with van der Waals surface area (Å²) in [6.07, 6.45) is 7.87. The van der Waals surface area contributed by atoms with Crippen LogP contribution in [0.4, 0.5) is 0 Å². The summed E-state index contributed by atoms with van der Waals surface area (Å²) in [5.41, 5.74) is 1.77. The first kappa shape index (κ1) is 9.01. The highest BCUT2D eigenvalue weighted by Crippen LogP contribution is 2.38. The zero-order valence-corrected chi connectivity index (χ0v) is 8.70. The lowest BCUT2D eigenvalue weighted by Crippen LogP contribution is -2.06. The van der Waals surface area contributed by atoms with Crippen molar-refractivity contribution in [2.45, 2.75) is 44.4 Å². The minimum atomic E-state index is 0.227. The summed E-state index contributed by atoms with van der Waals surface area (Å²) in [5.74, 6) is 1.77. The molecule has 1 aromatic heterocycles. The van der Waals surface area contributed by atoms with E-state index in [0.717, 1.165) is 36.3 Å². The number of ketones is 1. The number of carbonyl (C=O) groups is 1. The van der Waals surface area contributed by atoms with Crippen molar-refractivity contribution in [2.24, 2.45) is 0 Å². The van der Waals surface area contributed by atoms with Gasteiger partial charge in [0.05, 0.1) is 11.3 Å². The van der Waals surface area contributed by atoms with Crippen LogP contribution in [0, 0.1) is 0 Å². The molecule has 3 heteroatoms. The monoisotopic (exact) mass is 202 g/mol. The van der Waals surface area contributed by atoms with Crippen LogP contribution in [0.1, 0.15) is 59.9 Å². The van der Waals surface area contributed by atoms with Gasteiger partial charge in [-0.25, -0.2) is 9.97 Å². The zero-order valence-electron chi connectivity index (χ0n) is 8.70. The number of hydrogen-bond acceptors (Lipinski definition) is 3. The van der Waals surface area contributed by atoms with E-state index >= 15 is 0 Å². The van der Waals surface area contributed by atoms with Crippen LogP contribution < -0.4 is 0 Å². The van der Waals surface area contributed by atoms with Gasteiger partial charge < -0.3 is 0 Å². The number of rotatable bonds is 1. The predicted octanol–water partition coefficient (Wildman–Crippen LogP) is 2.26. The predicted molar refractivity (Wildman–Crippen MR) is 55.9 cm³/mol. The van der Waals surface area contributed by atoms with Crippen molar-refractivity contribution < 1.29 is 4.79 Å². The summed E-state index contributed by atoms with van der Waals surface area (Å²) in [5, 5.41) is 0. The Morgan fingerprint density at radius 1 is 1.20 bits per heavy atom. The van der Waals surface area contributed by atoms with Gasteiger partial charge in [-0.1, -0.05) is 0 Å². The lowest BCUT2D eigenvalue weighted by atomic mass is 10.1. The number of carbonyl (C=O) groups excluding carboxylic acids is 1. The van der Waals surface area contributed by atoms with Crippen LogP contribution in [0.15, 0.2) is 6.20 Å². The summed E-state index contributed by atoms with van der Waals surface area (Å²) < 4.78 is 0. The van der Waals surface area contributed by atoms with E-state index in [2.05, 4.69) is 9.97 Å². The SMILES string of the molecule is O=C1CCCCc2nc(C3CC3)ncc21. The van der Waals surface area contributed by atoms with Crippen LogP contribution in [0.5, 0.6) is 0 Å². The van der Waals surface area contributed by atoms with Crippen molar-refractivity contribution in [3.63, 3.8) is 0 Å². The fourth-order valence-electron chi connectivity index (χ4n) is 2.11. The number of Topliss-reactive ketones (excluding diaryl/α,β-unsaturated/α-hetero) is 1. The standard InChI is InChI=1S/C12H14N2O/c15-11-4-2-1-3-10-9(11)7-13-12(14-10)8-5-6-8/h7-8H,1-6H2. The summed E-state index contributed by atoms with van der Waals surface area (Å²) in [4.78, 5) is 20.6. The van der Waals surface area contributed by atoms with Gasteiger partial charge in [0.25, 0.3) is 0 Å². The molecule has 0 radical (unpaired) electrons. The second-order valence-corrected chi connectivity index (χ2v) is 4.49. The van der Waals surface area contributed by atoms with E-state index in [1.54, 1.807) is 6.20 Å². The van der Waals surface area contributed by atoms with Gasteiger partial charge in [0.1, 0.15) is 5.82 Å². The van der Waals surface area contributed by atoms with Crippen molar-refractivity contribution in [2.75, 3.05) is 0 Å². The number of aryl methyl sites for hydroxylation is 1. The first-order valence-electron chi connectivity index (χ1n) is 5.73. The normalized spacial score (nSPS) is 20.9. The van der Waals surface area contributed by atoms with Crippen molar-refractivity contribution in [3.05, 3.63) is 23.3 Å². The molecule has 0 aromatic carbocycles. The van der Waals surface area contributed by atoms with Gasteiger partial charge in [0.15, 0.2) is 5.78 Å². The fraction of sp³-hybridized carbons (Fsp3) is 0.583. The molecule has 0 atom stereocenters. The molecule has 2 aliphatic carbocycles. The summed E-state index contributed by atoms with van der Waals surface area (Å²) in [6, 6.07) is 0. The molecule has 0 amide bonds. The molecule has 3 nitrogen and oxygen atoms in total. The quantitative estimate of drug-likeness (QED) is 0.656. The van der Waals surface area contributed by atoms with Gasteiger partial charge in [-0.2, -0.15) is 0 Å². The Bertz CT molecular complexity index is 410. The van der Waals surface area contributed by atoms with Crippen molar-refractivity contribution in [3.8, 4) is 0 Å². The maximum absolute atomic E-state index is 11.7. The van der Waals surface area contributed by atoms with Crippen LogP contribution in [-0.2, 0) is 6.42 Å². The average molecular weight is 202 g/mol. The Morgan fingerprint density at radius 3 is 2.80 bits per heavy atom. The molecule has 0 N–H and O–H groups in total. The van der Waals surface area contributed by atoms with E-state index in [1.165, 1.54) is 12.8 Å². The van der Waals surface area contributed by atoms with E-state index in [0.29, 0.717) is 12.3 Å². The molecule has 1 heterocycles. The number of hydrogen-bond donors (Lipinski definition) is 0. The number of aromatic nitrogens is 2. The van der Waals surface area contributed by atoms with E-state index < -0.39 is 0 Å². The maximum Gasteiger partial charge on any atom is 0.166 e. The highest BCUT2D eigenvalue weighted by atomic mass is 16.1. The van der Waals surface area contributed by atoms with Gasteiger partial charge in [-0.15, -0.1) is 0 Å². The third-order valence-corrected chi connectivity index (χ3v) is 3.20. The van der Waals surface area contributed by atoms with E-state index in [-0.39, 0.29) is 5.78 Å². The van der Waals surface area contributed by atoms with Crippen LogP contribution in [0.3, 0.4) is 0 Å².